The number of benzene rings is 2. The van der Waals surface area contributed by atoms with E-state index in [4.69, 9.17) is 4.98 Å². The van der Waals surface area contributed by atoms with Crippen LogP contribution in [0.3, 0.4) is 0 Å². The zero-order chi connectivity index (χ0) is 18.4. The normalized spacial score (nSPS) is 20.4. The first-order valence-corrected chi connectivity index (χ1v) is 10.1. The largest absolute Gasteiger partial charge is 0.276 e. The van der Waals surface area contributed by atoms with Crippen molar-refractivity contribution in [3.63, 3.8) is 0 Å². The predicted octanol–water partition coefficient (Wildman–Crippen LogP) is 4.08. The van der Waals surface area contributed by atoms with Crippen molar-refractivity contribution in [2.24, 2.45) is 0 Å². The van der Waals surface area contributed by atoms with Gasteiger partial charge in [0.25, 0.3) is 11.8 Å². The molecule has 2 aliphatic rings. The van der Waals surface area contributed by atoms with E-state index in [1.54, 1.807) is 35.6 Å². The van der Waals surface area contributed by atoms with Crippen LogP contribution < -0.4 is 0 Å². The van der Waals surface area contributed by atoms with E-state index in [1.807, 2.05) is 18.2 Å². The summed E-state index contributed by atoms with van der Waals surface area (Å²) in [7, 11) is 0. The maximum atomic E-state index is 12.7. The lowest BCUT2D eigenvalue weighted by atomic mass is 10.0. The van der Waals surface area contributed by atoms with Gasteiger partial charge in [0.1, 0.15) is 5.01 Å². The topological polar surface area (TPSA) is 53.5 Å². The summed E-state index contributed by atoms with van der Waals surface area (Å²) in [5, 5.41) is 1.08. The molecule has 136 valence electrons. The minimum atomic E-state index is -0.191. The molecule has 1 atom stereocenters. The number of carbonyl (C=O) groups excluding carboxylic acids is 2. The number of hydrogen-bond donors (Lipinski definition) is 0. The molecule has 0 radical (unpaired) electrons. The molecule has 1 aromatic heterocycles. The van der Waals surface area contributed by atoms with Gasteiger partial charge in [-0.15, -0.1) is 11.3 Å². The molecule has 0 saturated carbocycles. The molecular weight excluding hydrogens is 358 g/mol. The summed E-state index contributed by atoms with van der Waals surface area (Å²) in [5.41, 5.74) is 2.04. The molecule has 2 aromatic carbocycles. The summed E-state index contributed by atoms with van der Waals surface area (Å²) in [6.45, 7) is 1.20. The van der Waals surface area contributed by atoms with Crippen molar-refractivity contribution < 1.29 is 9.59 Å². The SMILES string of the molecule is O=C1c2ccccc2C(=O)N1CN1CCCC[C@H]1c1nc2ccccc2s1. The second kappa shape index (κ2) is 6.55. The number of aromatic nitrogens is 1. The number of nitrogens with zero attached hydrogens (tertiary/aromatic N) is 3. The van der Waals surface area contributed by atoms with Gasteiger partial charge in [-0.3, -0.25) is 19.4 Å². The third kappa shape index (κ3) is 2.76. The third-order valence-corrected chi connectivity index (χ3v) is 6.55. The first-order chi connectivity index (χ1) is 13.2. The molecule has 6 heteroatoms. The van der Waals surface area contributed by atoms with Gasteiger partial charge >= 0.3 is 0 Å². The van der Waals surface area contributed by atoms with Crippen molar-refractivity contribution in [1.29, 1.82) is 0 Å². The van der Waals surface area contributed by atoms with E-state index in [0.717, 1.165) is 36.3 Å². The van der Waals surface area contributed by atoms with Crippen LogP contribution in [0.4, 0.5) is 0 Å². The number of carbonyl (C=O) groups is 2. The highest BCUT2D eigenvalue weighted by Crippen LogP contribution is 2.36. The minimum absolute atomic E-state index is 0.153. The van der Waals surface area contributed by atoms with E-state index >= 15 is 0 Å². The molecule has 1 fully saturated rings. The molecule has 0 unspecified atom stereocenters. The molecule has 0 aliphatic carbocycles. The molecule has 1 saturated heterocycles. The second-order valence-electron chi connectivity index (χ2n) is 7.07. The molecular formula is C21H19N3O2S. The van der Waals surface area contributed by atoms with E-state index < -0.39 is 0 Å². The van der Waals surface area contributed by atoms with E-state index in [1.165, 1.54) is 9.60 Å². The lowest BCUT2D eigenvalue weighted by Gasteiger charge is -2.36. The third-order valence-electron chi connectivity index (χ3n) is 5.41. The summed E-state index contributed by atoms with van der Waals surface area (Å²) >= 11 is 1.71. The molecule has 27 heavy (non-hydrogen) atoms. The molecule has 0 N–H and O–H groups in total. The van der Waals surface area contributed by atoms with Gasteiger partial charge in [0.15, 0.2) is 0 Å². The summed E-state index contributed by atoms with van der Waals surface area (Å²) < 4.78 is 1.18. The Balaban J connectivity index is 1.43. The van der Waals surface area contributed by atoms with Crippen LogP contribution in [-0.2, 0) is 0 Å². The van der Waals surface area contributed by atoms with E-state index in [2.05, 4.69) is 11.0 Å². The van der Waals surface area contributed by atoms with Crippen LogP contribution >= 0.6 is 11.3 Å². The molecule has 0 bridgehead atoms. The number of thiazole rings is 1. The van der Waals surface area contributed by atoms with Crippen LogP contribution in [0.25, 0.3) is 10.2 Å². The molecule has 5 nitrogen and oxygen atoms in total. The highest BCUT2D eigenvalue weighted by molar-refractivity contribution is 7.18. The van der Waals surface area contributed by atoms with E-state index in [9.17, 15) is 9.59 Å². The average Bonchev–Trinajstić information content (AvgIpc) is 3.24. The Bertz CT molecular complexity index is 977. The van der Waals surface area contributed by atoms with E-state index in [-0.39, 0.29) is 17.9 Å². The first kappa shape index (κ1) is 16.6. The van der Waals surface area contributed by atoms with Crippen molar-refractivity contribution in [3.8, 4) is 0 Å². The van der Waals surface area contributed by atoms with Gasteiger partial charge in [-0.1, -0.05) is 30.7 Å². The van der Waals surface area contributed by atoms with E-state index in [0.29, 0.717) is 17.8 Å². The number of amides is 2. The fourth-order valence-corrected chi connectivity index (χ4v) is 5.16. The van der Waals surface area contributed by atoms with Gasteiger partial charge in [0, 0.05) is 6.54 Å². The van der Waals surface area contributed by atoms with Crippen LogP contribution in [0.2, 0.25) is 0 Å². The molecule has 3 aromatic rings. The molecule has 3 heterocycles. The summed E-state index contributed by atoms with van der Waals surface area (Å²) in [5.74, 6) is -0.381. The summed E-state index contributed by atoms with van der Waals surface area (Å²) in [6.07, 6.45) is 3.22. The number of rotatable bonds is 3. The Hall–Kier alpha value is -2.57. The Morgan fingerprint density at radius 1 is 0.963 bits per heavy atom. The average molecular weight is 377 g/mol. The number of hydrogen-bond acceptors (Lipinski definition) is 5. The van der Waals surface area contributed by atoms with Crippen LogP contribution in [0.15, 0.2) is 48.5 Å². The van der Waals surface area contributed by atoms with Crippen molar-refractivity contribution in [3.05, 3.63) is 64.7 Å². The monoisotopic (exact) mass is 377 g/mol. The van der Waals surface area contributed by atoms with Gasteiger partial charge in [0.2, 0.25) is 0 Å². The Morgan fingerprint density at radius 3 is 2.41 bits per heavy atom. The highest BCUT2D eigenvalue weighted by atomic mass is 32.1. The summed E-state index contributed by atoms with van der Waals surface area (Å²) in [6, 6.07) is 15.4. The molecule has 2 amide bonds. The Labute approximate surface area is 161 Å². The van der Waals surface area contributed by atoms with Crippen LogP contribution in [-0.4, -0.2) is 39.8 Å². The zero-order valence-corrected chi connectivity index (χ0v) is 15.6. The molecule has 2 aliphatic heterocycles. The van der Waals surface area contributed by atoms with Crippen molar-refractivity contribution in [2.45, 2.75) is 25.3 Å². The van der Waals surface area contributed by atoms with Gasteiger partial charge in [-0.25, -0.2) is 4.98 Å². The lowest BCUT2D eigenvalue weighted by Crippen LogP contribution is -2.44. The highest BCUT2D eigenvalue weighted by Gasteiger charge is 2.38. The fraction of sp³-hybridized carbons (Fsp3) is 0.286. The van der Waals surface area contributed by atoms with Gasteiger partial charge in [-0.05, 0) is 37.1 Å². The standard InChI is InChI=1S/C21H19N3O2S/c25-20-14-7-1-2-8-15(14)21(26)24(20)13-23-12-6-5-10-17(23)19-22-16-9-3-4-11-18(16)27-19/h1-4,7-9,11,17H,5-6,10,12-13H2/t17-/m0/s1. The van der Waals surface area contributed by atoms with Gasteiger partial charge in [-0.2, -0.15) is 0 Å². The van der Waals surface area contributed by atoms with Gasteiger partial charge in [0.05, 0.1) is 34.1 Å². The second-order valence-corrected chi connectivity index (χ2v) is 8.13. The Morgan fingerprint density at radius 2 is 1.67 bits per heavy atom. The smallest absolute Gasteiger partial charge is 0.262 e. The number of likely N-dealkylation sites (tertiary alicyclic amines) is 1. The number of fused-ring (bicyclic) bond motifs is 2. The first-order valence-electron chi connectivity index (χ1n) is 9.27. The van der Waals surface area contributed by atoms with Crippen LogP contribution in [0, 0.1) is 0 Å². The zero-order valence-electron chi connectivity index (χ0n) is 14.8. The fourth-order valence-electron chi connectivity index (χ4n) is 4.02. The number of para-hydroxylation sites is 1. The predicted molar refractivity (Wildman–Crippen MR) is 105 cm³/mol. The number of imide groups is 1. The lowest BCUT2D eigenvalue weighted by molar-refractivity contribution is 0.0420. The maximum Gasteiger partial charge on any atom is 0.262 e. The Kier molecular flexibility index (Phi) is 4.02. The quantitative estimate of drug-likeness (QED) is 0.646. The van der Waals surface area contributed by atoms with Gasteiger partial charge < -0.3 is 0 Å². The van der Waals surface area contributed by atoms with Crippen molar-refractivity contribution in [1.82, 2.24) is 14.8 Å². The summed E-state index contributed by atoms with van der Waals surface area (Å²) in [4.78, 5) is 33.9. The van der Waals surface area contributed by atoms with Crippen LogP contribution in [0.1, 0.15) is 51.0 Å². The molecule has 0 spiro atoms. The minimum Gasteiger partial charge on any atom is -0.276 e. The molecule has 5 rings (SSSR count). The number of piperidine rings is 1. The van der Waals surface area contributed by atoms with Crippen molar-refractivity contribution in [2.75, 3.05) is 13.2 Å². The van der Waals surface area contributed by atoms with Crippen LogP contribution in [0.5, 0.6) is 0 Å². The maximum absolute atomic E-state index is 12.7. The van der Waals surface area contributed by atoms with Crippen molar-refractivity contribution >= 4 is 33.4 Å².